The maximum absolute atomic E-state index is 10.3. The smallest absolute Gasteiger partial charge is 0.121 e. The van der Waals surface area contributed by atoms with Crippen molar-refractivity contribution in [2.24, 2.45) is 10.7 Å². The van der Waals surface area contributed by atoms with Gasteiger partial charge in [-0.25, -0.2) is 0 Å². The molecule has 0 bridgehead atoms. The number of allylic oxidation sites excluding steroid dienone is 1. The van der Waals surface area contributed by atoms with Gasteiger partial charge in [0.2, 0.25) is 0 Å². The summed E-state index contributed by atoms with van der Waals surface area (Å²) in [4.78, 5) is 8.02. The monoisotopic (exact) mass is 335 g/mol. The predicted octanol–water partition coefficient (Wildman–Crippen LogP) is 3.77. The molecule has 22 heavy (non-hydrogen) atoms. The number of rotatable bonds is 4. The van der Waals surface area contributed by atoms with E-state index in [4.69, 9.17) is 28.9 Å². The van der Waals surface area contributed by atoms with Crippen LogP contribution < -0.4 is 5.73 Å². The maximum Gasteiger partial charge on any atom is 0.121 e. The van der Waals surface area contributed by atoms with Crippen molar-refractivity contribution in [3.05, 3.63) is 69.6 Å². The summed E-state index contributed by atoms with van der Waals surface area (Å²) in [7, 11) is 1.65. The SMILES string of the molecule is CN=C/C(=C\N)C(c1ccncc1)c1c(O)ccc(Cl)c1Cl. The van der Waals surface area contributed by atoms with Crippen LogP contribution in [0.3, 0.4) is 0 Å². The minimum atomic E-state index is -0.400. The Labute approximate surface area is 138 Å². The molecular formula is C16H15Cl2N3O. The molecule has 0 spiro atoms. The Hall–Kier alpha value is -2.04. The zero-order chi connectivity index (χ0) is 16.1. The summed E-state index contributed by atoms with van der Waals surface area (Å²) < 4.78 is 0. The van der Waals surface area contributed by atoms with Crippen LogP contribution >= 0.6 is 23.2 Å². The van der Waals surface area contributed by atoms with Gasteiger partial charge in [0.1, 0.15) is 5.75 Å². The van der Waals surface area contributed by atoms with Gasteiger partial charge in [0.15, 0.2) is 0 Å². The summed E-state index contributed by atoms with van der Waals surface area (Å²) >= 11 is 12.4. The third-order valence-electron chi connectivity index (χ3n) is 3.24. The van der Waals surface area contributed by atoms with E-state index < -0.39 is 5.92 Å². The molecule has 1 aromatic carbocycles. The zero-order valence-electron chi connectivity index (χ0n) is 11.9. The highest BCUT2D eigenvalue weighted by molar-refractivity contribution is 6.42. The van der Waals surface area contributed by atoms with Crippen molar-refractivity contribution in [3.8, 4) is 5.75 Å². The Morgan fingerprint density at radius 1 is 1.27 bits per heavy atom. The predicted molar refractivity (Wildman–Crippen MR) is 90.9 cm³/mol. The normalized spacial score (nSPS) is 13.5. The van der Waals surface area contributed by atoms with Gasteiger partial charge in [-0.05, 0) is 41.6 Å². The highest BCUT2D eigenvalue weighted by Gasteiger charge is 2.25. The number of benzene rings is 1. The first-order valence-corrected chi connectivity index (χ1v) is 7.26. The van der Waals surface area contributed by atoms with Gasteiger partial charge < -0.3 is 10.8 Å². The number of phenols is 1. The van der Waals surface area contributed by atoms with Gasteiger partial charge in [0.25, 0.3) is 0 Å². The van der Waals surface area contributed by atoms with Gasteiger partial charge in [-0.3, -0.25) is 9.98 Å². The van der Waals surface area contributed by atoms with Crippen molar-refractivity contribution in [2.75, 3.05) is 7.05 Å². The molecule has 1 aromatic heterocycles. The van der Waals surface area contributed by atoms with E-state index in [1.807, 2.05) is 12.1 Å². The summed E-state index contributed by atoms with van der Waals surface area (Å²) in [6.45, 7) is 0. The molecule has 0 saturated carbocycles. The van der Waals surface area contributed by atoms with E-state index >= 15 is 0 Å². The Bertz CT molecular complexity index is 715. The van der Waals surface area contributed by atoms with E-state index in [9.17, 15) is 5.11 Å². The average Bonchev–Trinajstić information content (AvgIpc) is 2.54. The van der Waals surface area contributed by atoms with Crippen molar-refractivity contribution in [1.82, 2.24) is 4.98 Å². The van der Waals surface area contributed by atoms with E-state index in [2.05, 4.69) is 9.98 Å². The van der Waals surface area contributed by atoms with Crippen molar-refractivity contribution in [1.29, 1.82) is 0 Å². The molecule has 6 heteroatoms. The first-order chi connectivity index (χ1) is 10.6. The number of phenolic OH excluding ortho intramolecular Hbond substituents is 1. The van der Waals surface area contributed by atoms with Crippen LogP contribution in [0.2, 0.25) is 10.0 Å². The maximum atomic E-state index is 10.3. The number of pyridine rings is 1. The molecule has 0 aliphatic heterocycles. The first kappa shape index (κ1) is 16.3. The Kier molecular flexibility index (Phi) is 5.41. The third-order valence-corrected chi connectivity index (χ3v) is 4.06. The first-order valence-electron chi connectivity index (χ1n) is 6.50. The van der Waals surface area contributed by atoms with Crippen LogP contribution in [0.25, 0.3) is 0 Å². The molecule has 1 atom stereocenters. The van der Waals surface area contributed by atoms with Gasteiger partial charge >= 0.3 is 0 Å². The second-order valence-corrected chi connectivity index (χ2v) is 5.35. The van der Waals surface area contributed by atoms with Crippen LogP contribution in [0.5, 0.6) is 5.75 Å². The minimum absolute atomic E-state index is 0.0417. The summed E-state index contributed by atoms with van der Waals surface area (Å²) in [5.41, 5.74) is 7.78. The van der Waals surface area contributed by atoms with E-state index in [1.165, 1.54) is 12.3 Å². The molecule has 0 saturated heterocycles. The number of aliphatic imine (C=N–C) groups is 1. The number of aromatic hydroxyl groups is 1. The number of nitrogens with zero attached hydrogens (tertiary/aromatic N) is 2. The second kappa shape index (κ2) is 7.29. The third kappa shape index (κ3) is 3.24. The van der Waals surface area contributed by atoms with Crippen molar-refractivity contribution < 1.29 is 5.11 Å². The van der Waals surface area contributed by atoms with Crippen LogP contribution in [-0.2, 0) is 0 Å². The molecular weight excluding hydrogens is 321 g/mol. The fraction of sp³-hybridized carbons (Fsp3) is 0.125. The number of nitrogens with two attached hydrogens (primary N) is 1. The lowest BCUT2D eigenvalue weighted by Gasteiger charge is -2.21. The Balaban J connectivity index is 2.73. The number of hydrogen-bond donors (Lipinski definition) is 2. The molecule has 0 fully saturated rings. The topological polar surface area (TPSA) is 71.5 Å². The van der Waals surface area contributed by atoms with E-state index in [-0.39, 0.29) is 10.8 Å². The average molecular weight is 336 g/mol. The lowest BCUT2D eigenvalue weighted by Crippen LogP contribution is -2.09. The van der Waals surface area contributed by atoms with Gasteiger partial charge in [-0.15, -0.1) is 0 Å². The summed E-state index contributed by atoms with van der Waals surface area (Å²) in [6.07, 6.45) is 6.39. The van der Waals surface area contributed by atoms with Crippen LogP contribution in [0, 0.1) is 0 Å². The second-order valence-electron chi connectivity index (χ2n) is 4.56. The lowest BCUT2D eigenvalue weighted by molar-refractivity contribution is 0.467. The van der Waals surface area contributed by atoms with Crippen LogP contribution in [0.4, 0.5) is 0 Å². The molecule has 1 heterocycles. The summed E-state index contributed by atoms with van der Waals surface area (Å²) in [5, 5.41) is 10.9. The molecule has 4 nitrogen and oxygen atoms in total. The molecule has 3 N–H and O–H groups in total. The fourth-order valence-corrected chi connectivity index (χ4v) is 2.71. The molecule has 0 amide bonds. The van der Waals surface area contributed by atoms with Crippen LogP contribution in [0.1, 0.15) is 17.0 Å². The molecule has 0 aliphatic carbocycles. The van der Waals surface area contributed by atoms with Crippen molar-refractivity contribution >= 4 is 29.4 Å². The molecule has 2 aromatic rings. The van der Waals surface area contributed by atoms with Crippen LogP contribution in [-0.4, -0.2) is 23.4 Å². The summed E-state index contributed by atoms with van der Waals surface area (Å²) in [5.74, 6) is -0.358. The lowest BCUT2D eigenvalue weighted by atomic mass is 9.85. The molecule has 114 valence electrons. The zero-order valence-corrected chi connectivity index (χ0v) is 13.4. The van der Waals surface area contributed by atoms with Crippen molar-refractivity contribution in [3.63, 3.8) is 0 Å². The number of hydrogen-bond acceptors (Lipinski definition) is 4. The highest BCUT2D eigenvalue weighted by Crippen LogP contribution is 2.43. The number of aromatic nitrogens is 1. The standard InChI is InChI=1S/C16H15Cl2N3O/c1-20-9-11(8-19)14(10-4-6-21-7-5-10)15-13(22)3-2-12(17)16(15)18/h2-9,14,22H,19H2,1H3/b11-8+,20-9?. The number of halogens is 2. The van der Waals surface area contributed by atoms with E-state index in [0.717, 1.165) is 5.56 Å². The van der Waals surface area contributed by atoms with Gasteiger partial charge in [-0.1, -0.05) is 23.2 Å². The van der Waals surface area contributed by atoms with Gasteiger partial charge in [0.05, 0.1) is 10.0 Å². The Morgan fingerprint density at radius 2 is 1.95 bits per heavy atom. The molecule has 0 radical (unpaired) electrons. The van der Waals surface area contributed by atoms with Gasteiger partial charge in [-0.2, -0.15) is 0 Å². The molecule has 0 aliphatic rings. The highest BCUT2D eigenvalue weighted by atomic mass is 35.5. The van der Waals surface area contributed by atoms with Gasteiger partial charge in [0, 0.05) is 37.1 Å². The minimum Gasteiger partial charge on any atom is -0.508 e. The largest absolute Gasteiger partial charge is 0.508 e. The quantitative estimate of drug-likeness (QED) is 0.835. The molecule has 2 rings (SSSR count). The van der Waals surface area contributed by atoms with E-state index in [1.54, 1.807) is 31.7 Å². The van der Waals surface area contributed by atoms with Crippen LogP contribution in [0.15, 0.2) is 53.4 Å². The summed E-state index contributed by atoms with van der Waals surface area (Å²) in [6, 6.07) is 6.71. The van der Waals surface area contributed by atoms with Crippen molar-refractivity contribution in [2.45, 2.75) is 5.92 Å². The van der Waals surface area contributed by atoms with E-state index in [0.29, 0.717) is 16.2 Å². The Morgan fingerprint density at radius 3 is 2.55 bits per heavy atom. The molecule has 1 unspecified atom stereocenters. The fourth-order valence-electron chi connectivity index (χ4n) is 2.28.